The molecule has 0 aliphatic rings. The summed E-state index contributed by atoms with van der Waals surface area (Å²) in [4.78, 5) is 19.7. The zero-order valence-corrected chi connectivity index (χ0v) is 18.0. The maximum Gasteiger partial charge on any atom is 0.404 e. The van der Waals surface area contributed by atoms with E-state index < -0.39 is 23.7 Å². The number of halogens is 1. The Morgan fingerprint density at radius 1 is 1.29 bits per heavy atom. The Hall–Kier alpha value is -3.17. The molecule has 10 heteroatoms. The second-order valence-corrected chi connectivity index (χ2v) is 8.38. The van der Waals surface area contributed by atoms with Gasteiger partial charge in [-0.05, 0) is 23.6 Å². The summed E-state index contributed by atoms with van der Waals surface area (Å²) in [6, 6.07) is 10.4. The summed E-state index contributed by atoms with van der Waals surface area (Å²) >= 11 is 5.84. The number of aromatic nitrogens is 3. The van der Waals surface area contributed by atoms with Gasteiger partial charge in [-0.25, -0.2) is 9.78 Å². The number of ether oxygens (including phenoxy) is 2. The molecule has 9 nitrogen and oxygen atoms in total. The van der Waals surface area contributed by atoms with Crippen molar-refractivity contribution in [3.8, 4) is 23.0 Å². The minimum atomic E-state index is -0.992. The van der Waals surface area contributed by atoms with Crippen molar-refractivity contribution in [2.45, 2.75) is 39.4 Å². The van der Waals surface area contributed by atoms with Crippen LogP contribution in [0.1, 0.15) is 26.7 Å². The van der Waals surface area contributed by atoms with Crippen LogP contribution in [0.3, 0.4) is 0 Å². The second kappa shape index (κ2) is 9.32. The maximum absolute atomic E-state index is 11.3. The van der Waals surface area contributed by atoms with Gasteiger partial charge in [0.1, 0.15) is 11.9 Å². The summed E-state index contributed by atoms with van der Waals surface area (Å²) in [7, 11) is 0. The van der Waals surface area contributed by atoms with Crippen LogP contribution in [-0.4, -0.2) is 38.5 Å². The number of rotatable bonds is 7. The van der Waals surface area contributed by atoms with Gasteiger partial charge in [-0.2, -0.15) is 4.98 Å². The molecule has 0 fully saturated rings. The SMILES string of the molecule is CC(C)(C)C(O)[C@H](Cc1nc(-c2cccc(Oc3ccc(Cl)cn3)c2)no1)OC(N)=O. The lowest BCUT2D eigenvalue weighted by molar-refractivity contribution is -0.0509. The first kappa shape index (κ1) is 22.5. The van der Waals surface area contributed by atoms with Gasteiger partial charge in [0.2, 0.25) is 17.6 Å². The van der Waals surface area contributed by atoms with E-state index in [0.717, 1.165) is 0 Å². The van der Waals surface area contributed by atoms with Crippen LogP contribution in [0.4, 0.5) is 4.79 Å². The van der Waals surface area contributed by atoms with Crippen molar-refractivity contribution in [1.82, 2.24) is 15.1 Å². The Morgan fingerprint density at radius 2 is 2.06 bits per heavy atom. The minimum Gasteiger partial charge on any atom is -0.443 e. The van der Waals surface area contributed by atoms with E-state index in [9.17, 15) is 9.90 Å². The molecule has 0 aliphatic carbocycles. The third-order valence-electron chi connectivity index (χ3n) is 4.37. The van der Waals surface area contributed by atoms with E-state index in [2.05, 4.69) is 15.1 Å². The van der Waals surface area contributed by atoms with Crippen LogP contribution >= 0.6 is 11.6 Å². The summed E-state index contributed by atoms with van der Waals surface area (Å²) in [5, 5.41) is 15.0. The van der Waals surface area contributed by atoms with Crippen LogP contribution in [0.15, 0.2) is 47.1 Å². The van der Waals surface area contributed by atoms with E-state index in [4.69, 9.17) is 31.3 Å². The first-order chi connectivity index (χ1) is 14.6. The molecule has 31 heavy (non-hydrogen) atoms. The highest BCUT2D eigenvalue weighted by molar-refractivity contribution is 6.30. The van der Waals surface area contributed by atoms with Gasteiger partial charge in [0.15, 0.2) is 0 Å². The molecule has 0 saturated heterocycles. The number of amides is 1. The molecular formula is C21H23ClN4O5. The Bertz CT molecular complexity index is 1030. The third kappa shape index (κ3) is 6.16. The number of hydrogen-bond donors (Lipinski definition) is 2. The van der Waals surface area contributed by atoms with Crippen LogP contribution in [0.25, 0.3) is 11.4 Å². The molecule has 0 saturated carbocycles. The number of hydrogen-bond acceptors (Lipinski definition) is 8. The topological polar surface area (TPSA) is 134 Å². The molecule has 3 aromatic rings. The van der Waals surface area contributed by atoms with Crippen molar-refractivity contribution in [3.63, 3.8) is 0 Å². The molecule has 0 bridgehead atoms. The van der Waals surface area contributed by atoms with Gasteiger partial charge in [0.05, 0.1) is 17.5 Å². The molecule has 2 aromatic heterocycles. The number of carbonyl (C=O) groups excluding carboxylic acids is 1. The summed E-state index contributed by atoms with van der Waals surface area (Å²) < 4.78 is 16.1. The highest BCUT2D eigenvalue weighted by atomic mass is 35.5. The Labute approximate surface area is 184 Å². The molecule has 0 aliphatic heterocycles. The molecule has 1 aromatic carbocycles. The number of primary amides is 1. The van der Waals surface area contributed by atoms with E-state index in [1.165, 1.54) is 6.20 Å². The zero-order chi connectivity index (χ0) is 22.6. The number of aliphatic hydroxyl groups is 1. The number of aliphatic hydroxyl groups excluding tert-OH is 1. The molecule has 2 heterocycles. The Morgan fingerprint density at radius 3 is 2.71 bits per heavy atom. The van der Waals surface area contributed by atoms with Crippen molar-refractivity contribution in [1.29, 1.82) is 0 Å². The van der Waals surface area contributed by atoms with Crippen molar-refractivity contribution in [2.24, 2.45) is 11.1 Å². The van der Waals surface area contributed by atoms with Crippen LogP contribution in [0.5, 0.6) is 11.6 Å². The average Bonchev–Trinajstić information content (AvgIpc) is 3.16. The lowest BCUT2D eigenvalue weighted by Crippen LogP contribution is -2.42. The van der Waals surface area contributed by atoms with Crippen LogP contribution in [0.2, 0.25) is 5.02 Å². The van der Waals surface area contributed by atoms with Crippen molar-refractivity contribution in [3.05, 3.63) is 53.5 Å². The normalized spacial score (nSPS) is 13.5. The standard InChI is InChI=1S/C21H23ClN4O5/c1-21(2,3)18(27)15(30-20(23)28)10-17-25-19(26-31-17)12-5-4-6-14(9-12)29-16-8-7-13(22)11-24-16/h4-9,11,15,18,27H,10H2,1-3H3,(H2,23,28)/t15-,18?/m0/s1. The Balaban J connectivity index is 1.76. The molecular weight excluding hydrogens is 424 g/mol. The van der Waals surface area contributed by atoms with E-state index >= 15 is 0 Å². The summed E-state index contributed by atoms with van der Waals surface area (Å²) in [5.41, 5.74) is 5.24. The minimum absolute atomic E-state index is 0.0132. The third-order valence-corrected chi connectivity index (χ3v) is 4.59. The summed E-state index contributed by atoms with van der Waals surface area (Å²) in [6.45, 7) is 5.44. The predicted molar refractivity (Wildman–Crippen MR) is 113 cm³/mol. The molecule has 0 spiro atoms. The van der Waals surface area contributed by atoms with Crippen LogP contribution in [-0.2, 0) is 11.2 Å². The lowest BCUT2D eigenvalue weighted by atomic mass is 9.85. The van der Waals surface area contributed by atoms with Gasteiger partial charge in [-0.15, -0.1) is 0 Å². The molecule has 3 N–H and O–H groups in total. The van der Waals surface area contributed by atoms with Crippen molar-refractivity contribution in [2.75, 3.05) is 0 Å². The van der Waals surface area contributed by atoms with Gasteiger partial charge in [0.25, 0.3) is 0 Å². The number of benzene rings is 1. The number of nitrogens with zero attached hydrogens (tertiary/aromatic N) is 3. The van der Waals surface area contributed by atoms with E-state index in [-0.39, 0.29) is 12.3 Å². The molecule has 1 amide bonds. The van der Waals surface area contributed by atoms with Gasteiger partial charge >= 0.3 is 6.09 Å². The fraction of sp³-hybridized carbons (Fsp3) is 0.333. The van der Waals surface area contributed by atoms with Gasteiger partial charge < -0.3 is 24.8 Å². The fourth-order valence-corrected chi connectivity index (χ4v) is 2.91. The van der Waals surface area contributed by atoms with Crippen molar-refractivity contribution >= 4 is 17.7 Å². The van der Waals surface area contributed by atoms with Crippen molar-refractivity contribution < 1.29 is 23.9 Å². The molecule has 3 rings (SSSR count). The molecule has 2 atom stereocenters. The summed E-state index contributed by atoms with van der Waals surface area (Å²) in [6.07, 6.45) is -1.41. The highest BCUT2D eigenvalue weighted by Gasteiger charge is 2.34. The first-order valence-electron chi connectivity index (χ1n) is 9.48. The maximum atomic E-state index is 11.3. The second-order valence-electron chi connectivity index (χ2n) is 7.95. The number of carbonyl (C=O) groups is 1. The molecule has 0 radical (unpaired) electrons. The predicted octanol–water partition coefficient (Wildman–Crippen LogP) is 3.99. The summed E-state index contributed by atoms with van der Waals surface area (Å²) in [5.74, 6) is 1.41. The van der Waals surface area contributed by atoms with E-state index in [0.29, 0.717) is 28.0 Å². The van der Waals surface area contributed by atoms with Gasteiger partial charge in [-0.3, -0.25) is 0 Å². The van der Waals surface area contributed by atoms with E-state index in [1.54, 1.807) is 36.4 Å². The van der Waals surface area contributed by atoms with Gasteiger partial charge in [-0.1, -0.05) is 49.7 Å². The largest absolute Gasteiger partial charge is 0.443 e. The number of pyridine rings is 1. The highest BCUT2D eigenvalue weighted by Crippen LogP contribution is 2.28. The molecule has 1 unspecified atom stereocenters. The quantitative estimate of drug-likeness (QED) is 0.556. The van der Waals surface area contributed by atoms with E-state index in [1.807, 2.05) is 20.8 Å². The Kier molecular flexibility index (Phi) is 6.77. The smallest absolute Gasteiger partial charge is 0.404 e. The lowest BCUT2D eigenvalue weighted by Gasteiger charge is -2.31. The monoisotopic (exact) mass is 446 g/mol. The fourth-order valence-electron chi connectivity index (χ4n) is 2.79. The molecule has 164 valence electrons. The first-order valence-corrected chi connectivity index (χ1v) is 9.86. The average molecular weight is 447 g/mol. The van der Waals surface area contributed by atoms with Crippen LogP contribution < -0.4 is 10.5 Å². The zero-order valence-electron chi connectivity index (χ0n) is 17.3. The number of nitrogens with two attached hydrogens (primary N) is 1. The van der Waals surface area contributed by atoms with Gasteiger partial charge in [0, 0.05) is 17.8 Å². The van der Waals surface area contributed by atoms with Crippen LogP contribution in [0, 0.1) is 5.41 Å².